The van der Waals surface area contributed by atoms with Gasteiger partial charge in [-0.1, -0.05) is 11.6 Å². The van der Waals surface area contributed by atoms with Crippen LogP contribution in [0.3, 0.4) is 0 Å². The number of fused-ring (bicyclic) bond motifs is 1. The normalized spacial score (nSPS) is 20.4. The molecule has 0 radical (unpaired) electrons. The van der Waals surface area contributed by atoms with E-state index in [1.165, 1.54) is 7.11 Å². The van der Waals surface area contributed by atoms with Crippen LogP contribution in [0.15, 0.2) is 18.2 Å². The Kier molecular flexibility index (Phi) is 4.63. The molecule has 1 N–H and O–H groups in total. The number of anilines is 1. The van der Waals surface area contributed by atoms with Crippen LogP contribution in [0.5, 0.6) is 5.75 Å². The molecule has 0 bridgehead atoms. The summed E-state index contributed by atoms with van der Waals surface area (Å²) in [5.74, 6) is 0.396. The fourth-order valence-corrected chi connectivity index (χ4v) is 5.77. The topological polar surface area (TPSA) is 90.3 Å². The largest absolute Gasteiger partial charge is 0.495 e. The minimum absolute atomic E-state index is 0.0300. The van der Waals surface area contributed by atoms with E-state index < -0.39 is 9.84 Å². The van der Waals surface area contributed by atoms with Crippen LogP contribution < -0.4 is 10.1 Å². The predicted molar refractivity (Wildman–Crippen MR) is 103 cm³/mol. The molecule has 144 valence electrons. The van der Waals surface area contributed by atoms with Gasteiger partial charge in [-0.25, -0.2) is 8.42 Å². The van der Waals surface area contributed by atoms with E-state index in [2.05, 4.69) is 10.4 Å². The second-order valence-corrected chi connectivity index (χ2v) is 9.57. The summed E-state index contributed by atoms with van der Waals surface area (Å²) < 4.78 is 30.5. The van der Waals surface area contributed by atoms with Crippen molar-refractivity contribution in [1.29, 1.82) is 0 Å². The molecule has 1 fully saturated rings. The molecular formula is C18H20ClN3O4S. The molecule has 2 aliphatic rings. The van der Waals surface area contributed by atoms with E-state index in [9.17, 15) is 13.2 Å². The van der Waals surface area contributed by atoms with Gasteiger partial charge in [0, 0.05) is 11.3 Å². The van der Waals surface area contributed by atoms with Gasteiger partial charge >= 0.3 is 0 Å². The zero-order valence-corrected chi connectivity index (χ0v) is 16.4. The number of amides is 1. The van der Waals surface area contributed by atoms with Gasteiger partial charge < -0.3 is 10.1 Å². The number of sulfone groups is 1. The fourth-order valence-electron chi connectivity index (χ4n) is 3.82. The van der Waals surface area contributed by atoms with Gasteiger partial charge in [-0.05, 0) is 43.9 Å². The van der Waals surface area contributed by atoms with Crippen molar-refractivity contribution in [1.82, 2.24) is 9.78 Å². The lowest BCUT2D eigenvalue weighted by Gasteiger charge is -2.15. The molecule has 27 heavy (non-hydrogen) atoms. The van der Waals surface area contributed by atoms with Crippen LogP contribution in [0.25, 0.3) is 0 Å². The summed E-state index contributed by atoms with van der Waals surface area (Å²) in [5.41, 5.74) is 2.84. The maximum absolute atomic E-state index is 13.0. The first kappa shape index (κ1) is 18.3. The van der Waals surface area contributed by atoms with Crippen LogP contribution in [0.4, 0.5) is 5.69 Å². The van der Waals surface area contributed by atoms with Gasteiger partial charge in [-0.3, -0.25) is 9.48 Å². The van der Waals surface area contributed by atoms with Crippen LogP contribution in [-0.2, 0) is 22.7 Å². The molecule has 4 rings (SSSR count). The summed E-state index contributed by atoms with van der Waals surface area (Å²) >= 11 is 6.14. The van der Waals surface area contributed by atoms with Crippen molar-refractivity contribution in [2.45, 2.75) is 31.7 Å². The number of ether oxygens (including phenoxy) is 1. The van der Waals surface area contributed by atoms with E-state index in [0.717, 1.165) is 30.5 Å². The molecule has 2 heterocycles. The number of benzene rings is 1. The van der Waals surface area contributed by atoms with Crippen molar-refractivity contribution >= 4 is 33.0 Å². The molecule has 1 atom stereocenters. The number of hydrogen-bond acceptors (Lipinski definition) is 5. The summed E-state index contributed by atoms with van der Waals surface area (Å²) in [7, 11) is -1.55. The van der Waals surface area contributed by atoms with Gasteiger partial charge in [-0.2, -0.15) is 5.10 Å². The molecule has 1 aliphatic carbocycles. The van der Waals surface area contributed by atoms with Crippen LogP contribution in [0.1, 0.15) is 40.6 Å². The Morgan fingerprint density at radius 2 is 2.19 bits per heavy atom. The first-order chi connectivity index (χ1) is 12.9. The van der Waals surface area contributed by atoms with Gasteiger partial charge in [-0.15, -0.1) is 0 Å². The highest BCUT2D eigenvalue weighted by atomic mass is 35.5. The SMILES string of the molecule is COc1ccc(NC(=O)c2c3c(nn2C2CCS(=O)(=O)C2)CCC3)cc1Cl. The molecule has 0 saturated carbocycles. The lowest BCUT2D eigenvalue weighted by molar-refractivity contribution is 0.101. The van der Waals surface area contributed by atoms with E-state index in [1.807, 2.05) is 0 Å². The van der Waals surface area contributed by atoms with Gasteiger partial charge in [0.15, 0.2) is 9.84 Å². The molecule has 1 aromatic carbocycles. The Labute approximate surface area is 162 Å². The summed E-state index contributed by atoms with van der Waals surface area (Å²) in [6.07, 6.45) is 3.03. The van der Waals surface area contributed by atoms with E-state index in [0.29, 0.717) is 28.6 Å². The highest BCUT2D eigenvalue weighted by Gasteiger charge is 2.35. The summed E-state index contributed by atoms with van der Waals surface area (Å²) in [6, 6.07) is 4.73. The van der Waals surface area contributed by atoms with Crippen molar-refractivity contribution in [2.75, 3.05) is 23.9 Å². The Morgan fingerprint density at radius 1 is 1.37 bits per heavy atom. The second kappa shape index (κ2) is 6.83. The molecule has 1 amide bonds. The fraction of sp³-hybridized carbons (Fsp3) is 0.444. The smallest absolute Gasteiger partial charge is 0.274 e. The van der Waals surface area contributed by atoms with Crippen molar-refractivity contribution in [3.05, 3.63) is 40.2 Å². The van der Waals surface area contributed by atoms with Crippen molar-refractivity contribution in [3.8, 4) is 5.75 Å². The number of nitrogens with one attached hydrogen (secondary N) is 1. The van der Waals surface area contributed by atoms with Gasteiger partial charge in [0.05, 0.1) is 35.4 Å². The highest BCUT2D eigenvalue weighted by Crippen LogP contribution is 2.32. The zero-order valence-electron chi connectivity index (χ0n) is 14.9. The lowest BCUT2D eigenvalue weighted by Crippen LogP contribution is -2.23. The minimum atomic E-state index is -3.07. The third kappa shape index (κ3) is 3.43. The number of carbonyl (C=O) groups excluding carboxylic acids is 1. The molecule has 1 aliphatic heterocycles. The lowest BCUT2D eigenvalue weighted by atomic mass is 10.1. The summed E-state index contributed by atoms with van der Waals surface area (Å²) in [4.78, 5) is 13.0. The van der Waals surface area contributed by atoms with Crippen LogP contribution in [-0.4, -0.2) is 42.7 Å². The summed E-state index contributed by atoms with van der Waals surface area (Å²) in [6.45, 7) is 0. The third-order valence-electron chi connectivity index (χ3n) is 5.11. The second-order valence-electron chi connectivity index (χ2n) is 6.93. The number of hydrogen-bond donors (Lipinski definition) is 1. The average Bonchev–Trinajstić information content (AvgIpc) is 3.28. The number of carbonyl (C=O) groups is 1. The molecule has 1 unspecified atom stereocenters. The van der Waals surface area contributed by atoms with Gasteiger partial charge in [0.2, 0.25) is 0 Å². The number of methoxy groups -OCH3 is 1. The number of halogens is 1. The minimum Gasteiger partial charge on any atom is -0.495 e. The Bertz CT molecular complexity index is 1020. The molecule has 7 nitrogen and oxygen atoms in total. The molecular weight excluding hydrogens is 390 g/mol. The van der Waals surface area contributed by atoms with Gasteiger partial charge in [0.25, 0.3) is 5.91 Å². The standard InChI is InChI=1S/C18H20ClN3O4S/c1-26-16-6-5-11(9-14(16)19)20-18(23)17-13-3-2-4-15(13)21-22(17)12-7-8-27(24,25)10-12/h5-6,9,12H,2-4,7-8,10H2,1H3,(H,20,23). The van der Waals surface area contributed by atoms with E-state index in [4.69, 9.17) is 16.3 Å². The quantitative estimate of drug-likeness (QED) is 0.838. The zero-order chi connectivity index (χ0) is 19.2. The maximum Gasteiger partial charge on any atom is 0.274 e. The number of nitrogens with zero attached hydrogens (tertiary/aromatic N) is 2. The monoisotopic (exact) mass is 409 g/mol. The molecule has 9 heteroatoms. The Balaban J connectivity index is 1.66. The predicted octanol–water partition coefficient (Wildman–Crippen LogP) is 2.65. The van der Waals surface area contributed by atoms with E-state index >= 15 is 0 Å². The number of aromatic nitrogens is 2. The maximum atomic E-state index is 13.0. The first-order valence-electron chi connectivity index (χ1n) is 8.83. The third-order valence-corrected chi connectivity index (χ3v) is 7.16. The van der Waals surface area contributed by atoms with E-state index in [1.54, 1.807) is 22.9 Å². The average molecular weight is 410 g/mol. The van der Waals surface area contributed by atoms with Crippen molar-refractivity contribution < 1.29 is 17.9 Å². The molecule has 1 aromatic heterocycles. The Morgan fingerprint density at radius 3 is 2.85 bits per heavy atom. The number of rotatable bonds is 4. The van der Waals surface area contributed by atoms with E-state index in [-0.39, 0.29) is 23.5 Å². The molecule has 0 spiro atoms. The number of aryl methyl sites for hydroxylation is 1. The molecule has 2 aromatic rings. The Hall–Kier alpha value is -2.06. The van der Waals surface area contributed by atoms with Crippen molar-refractivity contribution in [3.63, 3.8) is 0 Å². The first-order valence-corrected chi connectivity index (χ1v) is 11.0. The summed E-state index contributed by atoms with van der Waals surface area (Å²) in [5, 5.41) is 7.85. The van der Waals surface area contributed by atoms with Crippen LogP contribution in [0.2, 0.25) is 5.02 Å². The molecule has 1 saturated heterocycles. The van der Waals surface area contributed by atoms with Crippen LogP contribution >= 0.6 is 11.6 Å². The van der Waals surface area contributed by atoms with Gasteiger partial charge in [0.1, 0.15) is 11.4 Å². The van der Waals surface area contributed by atoms with Crippen LogP contribution in [0, 0.1) is 0 Å². The highest BCUT2D eigenvalue weighted by molar-refractivity contribution is 7.91. The van der Waals surface area contributed by atoms with Crippen molar-refractivity contribution in [2.24, 2.45) is 0 Å².